The van der Waals surface area contributed by atoms with Gasteiger partial charge in [0.05, 0.1) is 5.69 Å². The standard InChI is InChI=1S/C15H19N3/c1-10-15(11(2)18(3)17-10)13-6-7-14-12(9-13)5-4-8-16-14/h6-7,9,16H,4-5,8H2,1-3H3. The van der Waals surface area contributed by atoms with Crippen molar-refractivity contribution in [1.82, 2.24) is 9.78 Å². The van der Waals surface area contributed by atoms with E-state index in [0.29, 0.717) is 0 Å². The van der Waals surface area contributed by atoms with Crippen LogP contribution in [0.15, 0.2) is 18.2 Å². The van der Waals surface area contributed by atoms with Gasteiger partial charge in [0, 0.05) is 30.5 Å². The Labute approximate surface area is 108 Å². The molecule has 0 spiro atoms. The molecule has 0 fully saturated rings. The number of rotatable bonds is 1. The van der Waals surface area contributed by atoms with Crippen molar-refractivity contribution < 1.29 is 0 Å². The van der Waals surface area contributed by atoms with Gasteiger partial charge in [-0.3, -0.25) is 4.68 Å². The molecule has 1 N–H and O–H groups in total. The lowest BCUT2D eigenvalue weighted by atomic mass is 9.96. The van der Waals surface area contributed by atoms with E-state index in [-0.39, 0.29) is 0 Å². The first-order valence-electron chi connectivity index (χ1n) is 6.54. The van der Waals surface area contributed by atoms with Gasteiger partial charge in [0.2, 0.25) is 0 Å². The Bertz CT molecular complexity index is 596. The summed E-state index contributed by atoms with van der Waals surface area (Å²) in [5.41, 5.74) is 7.65. The molecular formula is C15H19N3. The average molecular weight is 241 g/mol. The van der Waals surface area contributed by atoms with Crippen LogP contribution >= 0.6 is 0 Å². The van der Waals surface area contributed by atoms with Gasteiger partial charge in [-0.25, -0.2) is 0 Å². The number of hydrogen-bond donors (Lipinski definition) is 1. The molecule has 1 aromatic carbocycles. The monoisotopic (exact) mass is 241 g/mol. The fraction of sp³-hybridized carbons (Fsp3) is 0.400. The highest BCUT2D eigenvalue weighted by atomic mass is 15.3. The van der Waals surface area contributed by atoms with E-state index in [1.54, 1.807) is 0 Å². The van der Waals surface area contributed by atoms with Crippen molar-refractivity contribution in [1.29, 1.82) is 0 Å². The van der Waals surface area contributed by atoms with Crippen molar-refractivity contribution in [2.75, 3.05) is 11.9 Å². The van der Waals surface area contributed by atoms with Gasteiger partial charge in [-0.2, -0.15) is 5.10 Å². The SMILES string of the molecule is Cc1nn(C)c(C)c1-c1ccc2c(c1)CCCN2. The molecule has 1 aliphatic rings. The molecule has 0 saturated heterocycles. The maximum absolute atomic E-state index is 4.50. The summed E-state index contributed by atoms with van der Waals surface area (Å²) in [5, 5.41) is 7.95. The fourth-order valence-electron chi connectivity index (χ4n) is 2.82. The van der Waals surface area contributed by atoms with Gasteiger partial charge in [0.25, 0.3) is 0 Å². The average Bonchev–Trinajstić information content (AvgIpc) is 2.63. The number of aromatic nitrogens is 2. The molecule has 3 nitrogen and oxygen atoms in total. The summed E-state index contributed by atoms with van der Waals surface area (Å²) < 4.78 is 1.96. The minimum Gasteiger partial charge on any atom is -0.385 e. The zero-order chi connectivity index (χ0) is 12.7. The van der Waals surface area contributed by atoms with Crippen LogP contribution in [0, 0.1) is 13.8 Å². The van der Waals surface area contributed by atoms with Gasteiger partial charge in [-0.1, -0.05) is 6.07 Å². The minimum atomic E-state index is 1.09. The highest BCUT2D eigenvalue weighted by Gasteiger charge is 2.14. The molecule has 0 radical (unpaired) electrons. The van der Waals surface area contributed by atoms with Gasteiger partial charge in [0.15, 0.2) is 0 Å². The van der Waals surface area contributed by atoms with E-state index in [1.807, 2.05) is 11.7 Å². The summed E-state index contributed by atoms with van der Waals surface area (Å²) in [5.74, 6) is 0. The lowest BCUT2D eigenvalue weighted by Crippen LogP contribution is -2.11. The van der Waals surface area contributed by atoms with Crippen LogP contribution in [0.5, 0.6) is 0 Å². The van der Waals surface area contributed by atoms with Crippen LogP contribution in [0.1, 0.15) is 23.4 Å². The Morgan fingerprint density at radius 3 is 2.83 bits per heavy atom. The number of fused-ring (bicyclic) bond motifs is 1. The predicted molar refractivity (Wildman–Crippen MR) is 74.9 cm³/mol. The van der Waals surface area contributed by atoms with Crippen molar-refractivity contribution >= 4 is 5.69 Å². The first-order valence-corrected chi connectivity index (χ1v) is 6.54. The number of hydrogen-bond acceptors (Lipinski definition) is 2. The molecule has 3 rings (SSSR count). The second-order valence-electron chi connectivity index (χ2n) is 5.07. The third kappa shape index (κ3) is 1.70. The van der Waals surface area contributed by atoms with Crippen molar-refractivity contribution in [3.8, 4) is 11.1 Å². The normalized spacial score (nSPS) is 14.2. The third-order valence-electron chi connectivity index (χ3n) is 3.84. The molecule has 94 valence electrons. The molecule has 0 amide bonds. The molecule has 1 aromatic heterocycles. The van der Waals surface area contributed by atoms with Crippen LogP contribution in [0.25, 0.3) is 11.1 Å². The summed E-state index contributed by atoms with van der Waals surface area (Å²) in [4.78, 5) is 0. The number of anilines is 1. The molecular weight excluding hydrogens is 222 g/mol. The summed E-state index contributed by atoms with van der Waals surface area (Å²) in [6.07, 6.45) is 2.40. The maximum Gasteiger partial charge on any atom is 0.0674 e. The van der Waals surface area contributed by atoms with Crippen LogP contribution in [-0.4, -0.2) is 16.3 Å². The Balaban J connectivity index is 2.12. The topological polar surface area (TPSA) is 29.9 Å². The summed E-state index contributed by atoms with van der Waals surface area (Å²) in [7, 11) is 2.01. The van der Waals surface area contributed by atoms with E-state index >= 15 is 0 Å². The van der Waals surface area contributed by atoms with Crippen LogP contribution in [-0.2, 0) is 13.5 Å². The van der Waals surface area contributed by atoms with E-state index in [2.05, 4.69) is 42.5 Å². The molecule has 18 heavy (non-hydrogen) atoms. The molecule has 2 heterocycles. The summed E-state index contributed by atoms with van der Waals surface area (Å²) in [6, 6.07) is 6.72. The first kappa shape index (κ1) is 11.3. The quantitative estimate of drug-likeness (QED) is 0.831. The van der Waals surface area contributed by atoms with E-state index in [1.165, 1.54) is 40.9 Å². The van der Waals surface area contributed by atoms with Gasteiger partial charge < -0.3 is 5.32 Å². The van der Waals surface area contributed by atoms with Crippen molar-refractivity contribution in [2.24, 2.45) is 7.05 Å². The Morgan fingerprint density at radius 1 is 1.28 bits per heavy atom. The smallest absolute Gasteiger partial charge is 0.0674 e. The largest absolute Gasteiger partial charge is 0.385 e. The molecule has 1 aliphatic heterocycles. The van der Waals surface area contributed by atoms with Crippen LogP contribution < -0.4 is 5.32 Å². The summed E-state index contributed by atoms with van der Waals surface area (Å²) in [6.45, 7) is 5.31. The Kier molecular flexibility index (Phi) is 2.62. The molecule has 0 bridgehead atoms. The van der Waals surface area contributed by atoms with Crippen molar-refractivity contribution in [3.05, 3.63) is 35.2 Å². The zero-order valence-corrected chi connectivity index (χ0v) is 11.2. The number of aryl methyl sites for hydroxylation is 3. The lowest BCUT2D eigenvalue weighted by molar-refractivity contribution is 0.731. The van der Waals surface area contributed by atoms with Gasteiger partial charge >= 0.3 is 0 Å². The maximum atomic E-state index is 4.50. The zero-order valence-electron chi connectivity index (χ0n) is 11.2. The van der Waals surface area contributed by atoms with Crippen molar-refractivity contribution in [2.45, 2.75) is 26.7 Å². The molecule has 2 aromatic rings. The first-order chi connectivity index (χ1) is 8.66. The van der Waals surface area contributed by atoms with E-state index in [0.717, 1.165) is 12.2 Å². The second kappa shape index (κ2) is 4.16. The van der Waals surface area contributed by atoms with E-state index in [9.17, 15) is 0 Å². The molecule has 0 unspecified atom stereocenters. The molecule has 3 heteroatoms. The fourth-order valence-corrected chi connectivity index (χ4v) is 2.82. The van der Waals surface area contributed by atoms with Gasteiger partial charge in [-0.15, -0.1) is 0 Å². The highest BCUT2D eigenvalue weighted by molar-refractivity contribution is 5.72. The second-order valence-corrected chi connectivity index (χ2v) is 5.07. The Morgan fingerprint density at radius 2 is 2.11 bits per heavy atom. The van der Waals surface area contributed by atoms with E-state index < -0.39 is 0 Å². The van der Waals surface area contributed by atoms with Crippen LogP contribution in [0.2, 0.25) is 0 Å². The third-order valence-corrected chi connectivity index (χ3v) is 3.84. The predicted octanol–water partition coefficient (Wildman–Crippen LogP) is 3.06. The van der Waals surface area contributed by atoms with Crippen molar-refractivity contribution in [3.63, 3.8) is 0 Å². The molecule has 0 atom stereocenters. The molecule has 0 saturated carbocycles. The number of nitrogens with one attached hydrogen (secondary N) is 1. The highest BCUT2D eigenvalue weighted by Crippen LogP contribution is 2.31. The Hall–Kier alpha value is -1.77. The lowest BCUT2D eigenvalue weighted by Gasteiger charge is -2.18. The summed E-state index contributed by atoms with van der Waals surface area (Å²) >= 11 is 0. The van der Waals surface area contributed by atoms with Gasteiger partial charge in [0.1, 0.15) is 0 Å². The van der Waals surface area contributed by atoms with Crippen LogP contribution in [0.4, 0.5) is 5.69 Å². The minimum absolute atomic E-state index is 1.09. The molecule has 0 aliphatic carbocycles. The van der Waals surface area contributed by atoms with Gasteiger partial charge in [-0.05, 0) is 49.9 Å². The number of benzene rings is 1. The van der Waals surface area contributed by atoms with Crippen LogP contribution in [0.3, 0.4) is 0 Å². The van der Waals surface area contributed by atoms with E-state index in [4.69, 9.17) is 0 Å². The number of nitrogens with zero attached hydrogens (tertiary/aromatic N) is 2.